The van der Waals surface area contributed by atoms with E-state index in [-0.39, 0.29) is 5.56 Å². The van der Waals surface area contributed by atoms with E-state index in [9.17, 15) is 13.2 Å². The van der Waals surface area contributed by atoms with Gasteiger partial charge < -0.3 is 5.11 Å². The molecule has 1 aromatic carbocycles. The van der Waals surface area contributed by atoms with Gasteiger partial charge in [0.05, 0.1) is 4.90 Å². The quantitative estimate of drug-likeness (QED) is 0.591. The Morgan fingerprint density at radius 2 is 1.86 bits per heavy atom. The third kappa shape index (κ3) is 2.44. The number of carbonyl (C=O) groups excluding carboxylic acids is 1. The van der Waals surface area contributed by atoms with Crippen molar-refractivity contribution in [1.82, 2.24) is 0 Å². The van der Waals surface area contributed by atoms with E-state index >= 15 is 0 Å². The monoisotopic (exact) mass is 236 g/mol. The van der Waals surface area contributed by atoms with Crippen molar-refractivity contribution in [2.75, 3.05) is 0 Å². The van der Waals surface area contributed by atoms with Crippen LogP contribution in [0.4, 0.5) is 0 Å². The lowest BCUT2D eigenvalue weighted by Gasteiger charge is -2.00. The molecule has 0 aliphatic heterocycles. The first kappa shape index (κ1) is 11.0. The molecule has 0 fully saturated rings. The lowest BCUT2D eigenvalue weighted by Crippen LogP contribution is -2.00. The average Bonchev–Trinajstić information content (AvgIpc) is 2.01. The van der Waals surface area contributed by atoms with Crippen LogP contribution in [0.2, 0.25) is 0 Å². The third-order valence-corrected chi connectivity index (χ3v) is 2.47. The number of hydrogen-bond donors (Lipinski definition) is 2. The van der Waals surface area contributed by atoms with Crippen LogP contribution in [0.5, 0.6) is 5.75 Å². The Morgan fingerprint density at radius 3 is 2.29 bits per heavy atom. The molecular formula is C7H5ClO5S. The van der Waals surface area contributed by atoms with Crippen molar-refractivity contribution in [3.05, 3.63) is 23.8 Å². The van der Waals surface area contributed by atoms with Crippen molar-refractivity contribution < 1.29 is 22.9 Å². The minimum Gasteiger partial charge on any atom is -0.508 e. The van der Waals surface area contributed by atoms with Crippen molar-refractivity contribution in [1.29, 1.82) is 0 Å². The zero-order valence-electron chi connectivity index (χ0n) is 6.64. The normalized spacial score (nSPS) is 11.3. The molecule has 0 amide bonds. The molecule has 0 bridgehead atoms. The molecule has 5 nitrogen and oxygen atoms in total. The van der Waals surface area contributed by atoms with Gasteiger partial charge in [-0.2, -0.15) is 8.42 Å². The van der Waals surface area contributed by atoms with E-state index in [1.54, 1.807) is 0 Å². The Bertz CT molecular complexity index is 479. The molecule has 76 valence electrons. The number of carbonyl (C=O) groups is 1. The van der Waals surface area contributed by atoms with Gasteiger partial charge in [-0.25, -0.2) is 0 Å². The highest BCUT2D eigenvalue weighted by atomic mass is 35.5. The van der Waals surface area contributed by atoms with Gasteiger partial charge in [0, 0.05) is 11.6 Å². The lowest BCUT2D eigenvalue weighted by molar-refractivity contribution is 0.108. The first-order valence-corrected chi connectivity index (χ1v) is 5.14. The van der Waals surface area contributed by atoms with Gasteiger partial charge in [-0.05, 0) is 23.7 Å². The van der Waals surface area contributed by atoms with Crippen LogP contribution >= 0.6 is 11.6 Å². The van der Waals surface area contributed by atoms with Gasteiger partial charge >= 0.3 is 0 Å². The molecule has 14 heavy (non-hydrogen) atoms. The topological polar surface area (TPSA) is 91.7 Å². The molecule has 1 rings (SSSR count). The zero-order chi connectivity index (χ0) is 10.9. The Labute approximate surface area is 84.7 Å². The minimum atomic E-state index is -4.45. The fraction of sp³-hybridized carbons (Fsp3) is 0. The average molecular weight is 237 g/mol. The predicted octanol–water partition coefficient (Wildman–Crippen LogP) is 1.02. The fourth-order valence-corrected chi connectivity index (χ4v) is 1.50. The number of aromatic hydroxyl groups is 1. The van der Waals surface area contributed by atoms with E-state index in [2.05, 4.69) is 0 Å². The van der Waals surface area contributed by atoms with Gasteiger partial charge in [0.2, 0.25) is 0 Å². The van der Waals surface area contributed by atoms with Gasteiger partial charge in [-0.1, -0.05) is 0 Å². The molecule has 1 aromatic rings. The second-order valence-corrected chi connectivity index (χ2v) is 4.23. The van der Waals surface area contributed by atoms with Crippen molar-refractivity contribution in [3.63, 3.8) is 0 Å². The van der Waals surface area contributed by atoms with E-state index in [0.29, 0.717) is 0 Å². The van der Waals surface area contributed by atoms with Crippen molar-refractivity contribution in [2.24, 2.45) is 0 Å². The molecule has 0 aliphatic rings. The summed E-state index contributed by atoms with van der Waals surface area (Å²) in [6, 6.07) is 2.66. The number of hydrogen-bond acceptors (Lipinski definition) is 4. The first-order chi connectivity index (χ1) is 6.30. The van der Waals surface area contributed by atoms with Crippen LogP contribution in [-0.2, 0) is 10.1 Å². The molecule has 0 unspecified atom stereocenters. The fourth-order valence-electron chi connectivity index (χ4n) is 0.846. The Kier molecular flexibility index (Phi) is 2.79. The van der Waals surface area contributed by atoms with Gasteiger partial charge in [-0.3, -0.25) is 9.35 Å². The van der Waals surface area contributed by atoms with Crippen molar-refractivity contribution >= 4 is 27.0 Å². The van der Waals surface area contributed by atoms with Crippen LogP contribution in [0.15, 0.2) is 23.1 Å². The number of halogens is 1. The van der Waals surface area contributed by atoms with E-state index in [1.165, 1.54) is 0 Å². The maximum absolute atomic E-state index is 10.7. The van der Waals surface area contributed by atoms with E-state index in [0.717, 1.165) is 18.2 Å². The zero-order valence-corrected chi connectivity index (χ0v) is 8.21. The van der Waals surface area contributed by atoms with Crippen LogP contribution in [0.3, 0.4) is 0 Å². The van der Waals surface area contributed by atoms with Gasteiger partial charge in [0.1, 0.15) is 5.75 Å². The van der Waals surface area contributed by atoms with E-state index in [4.69, 9.17) is 21.3 Å². The summed E-state index contributed by atoms with van der Waals surface area (Å²) in [5.74, 6) is -0.468. The highest BCUT2D eigenvalue weighted by molar-refractivity contribution is 7.85. The van der Waals surface area contributed by atoms with Crippen molar-refractivity contribution in [3.8, 4) is 5.75 Å². The Hall–Kier alpha value is -1.11. The molecule has 2 N–H and O–H groups in total. The molecule has 0 heterocycles. The number of phenols is 1. The standard InChI is InChI=1S/C7H5ClO5S/c8-7(10)4-1-5(9)3-6(2-4)14(11,12)13/h1-3,9H,(H,11,12,13). The molecule has 0 spiro atoms. The minimum absolute atomic E-state index is 0.209. The molecular weight excluding hydrogens is 232 g/mol. The van der Waals surface area contributed by atoms with Crippen LogP contribution in [-0.4, -0.2) is 23.3 Å². The molecule has 0 saturated carbocycles. The Morgan fingerprint density at radius 1 is 1.29 bits per heavy atom. The predicted molar refractivity (Wildman–Crippen MR) is 48.1 cm³/mol. The first-order valence-electron chi connectivity index (χ1n) is 3.32. The number of rotatable bonds is 2. The Balaban J connectivity index is 3.43. The van der Waals surface area contributed by atoms with Gasteiger partial charge in [0.25, 0.3) is 15.4 Å². The summed E-state index contributed by atoms with van der Waals surface area (Å²) in [7, 11) is -4.45. The second kappa shape index (κ2) is 3.56. The molecule has 0 aromatic heterocycles. The summed E-state index contributed by atoms with van der Waals surface area (Å²) >= 11 is 5.07. The largest absolute Gasteiger partial charge is 0.508 e. The molecule has 0 aliphatic carbocycles. The smallest absolute Gasteiger partial charge is 0.294 e. The van der Waals surface area contributed by atoms with Crippen LogP contribution in [0, 0.1) is 0 Å². The summed E-state index contributed by atoms with van der Waals surface area (Å²) in [5, 5.41) is 8.09. The molecule has 0 radical (unpaired) electrons. The summed E-state index contributed by atoms with van der Waals surface area (Å²) in [6.07, 6.45) is 0. The maximum atomic E-state index is 10.7. The molecule has 7 heteroatoms. The third-order valence-electron chi connectivity index (χ3n) is 1.42. The maximum Gasteiger partial charge on any atom is 0.294 e. The van der Waals surface area contributed by atoms with Crippen LogP contribution < -0.4 is 0 Å². The van der Waals surface area contributed by atoms with Crippen molar-refractivity contribution in [2.45, 2.75) is 4.90 Å². The lowest BCUT2D eigenvalue weighted by atomic mass is 10.2. The molecule has 0 atom stereocenters. The summed E-state index contributed by atoms with van der Waals surface area (Å²) < 4.78 is 29.9. The summed E-state index contributed by atoms with van der Waals surface area (Å²) in [4.78, 5) is 10.1. The summed E-state index contributed by atoms with van der Waals surface area (Å²) in [5.41, 5.74) is -0.209. The van der Waals surface area contributed by atoms with Gasteiger partial charge in [0.15, 0.2) is 0 Å². The van der Waals surface area contributed by atoms with Crippen LogP contribution in [0.25, 0.3) is 0 Å². The highest BCUT2D eigenvalue weighted by Crippen LogP contribution is 2.20. The van der Waals surface area contributed by atoms with E-state index < -0.39 is 26.0 Å². The second-order valence-electron chi connectivity index (χ2n) is 2.46. The molecule has 0 saturated heterocycles. The summed E-state index contributed by atoms with van der Waals surface area (Å²) in [6.45, 7) is 0. The van der Waals surface area contributed by atoms with Crippen LogP contribution in [0.1, 0.15) is 10.4 Å². The SMILES string of the molecule is O=C(Cl)c1cc(O)cc(S(=O)(=O)O)c1. The van der Waals surface area contributed by atoms with Gasteiger partial charge in [-0.15, -0.1) is 0 Å². The highest BCUT2D eigenvalue weighted by Gasteiger charge is 2.14. The number of phenolic OH excluding ortho intramolecular Hbond substituents is 1. The number of benzene rings is 1. The van der Waals surface area contributed by atoms with E-state index in [1.807, 2.05) is 0 Å².